The fraction of sp³-hybridized carbons (Fsp3) is 0.455. The second kappa shape index (κ2) is 4.59. The number of hydrogen-bond donors (Lipinski definition) is 2. The number of aliphatic hydroxyl groups is 1. The summed E-state index contributed by atoms with van der Waals surface area (Å²) in [5, 5.41) is 23.5. The molecule has 16 heavy (non-hydrogen) atoms. The van der Waals surface area contributed by atoms with Crippen LogP contribution in [0.2, 0.25) is 0 Å². The highest BCUT2D eigenvalue weighted by atomic mass is 16.6. The molecule has 0 fully saturated rings. The predicted molar refractivity (Wildman–Crippen MR) is 60.9 cm³/mol. The van der Waals surface area contributed by atoms with Crippen molar-refractivity contribution in [2.24, 2.45) is 0 Å². The molecule has 5 heteroatoms. The van der Waals surface area contributed by atoms with Gasteiger partial charge in [-0.1, -0.05) is 0 Å². The molecule has 0 aliphatic heterocycles. The Morgan fingerprint density at radius 1 is 1.38 bits per heavy atom. The molecule has 0 aliphatic carbocycles. The van der Waals surface area contributed by atoms with Crippen molar-refractivity contribution in [3.63, 3.8) is 0 Å². The molecule has 0 amide bonds. The molecule has 1 aromatic carbocycles. The number of hydrogen-bond acceptors (Lipinski definition) is 4. The average Bonchev–Trinajstić information content (AvgIpc) is 2.16. The summed E-state index contributed by atoms with van der Waals surface area (Å²) in [6.07, 6.45) is 0. The Hall–Kier alpha value is -1.46. The highest BCUT2D eigenvalue weighted by Gasteiger charge is 2.23. The third-order valence-corrected chi connectivity index (χ3v) is 2.21. The zero-order valence-corrected chi connectivity index (χ0v) is 9.60. The van der Waals surface area contributed by atoms with E-state index < -0.39 is 10.6 Å². The zero-order valence-electron chi connectivity index (χ0n) is 9.60. The molecule has 1 rings (SSSR count). The van der Waals surface area contributed by atoms with Gasteiger partial charge in [0.15, 0.2) is 0 Å². The van der Waals surface area contributed by atoms with Crippen molar-refractivity contribution in [3.05, 3.63) is 39.9 Å². The fourth-order valence-electron chi connectivity index (χ4n) is 1.55. The van der Waals surface area contributed by atoms with Gasteiger partial charge in [-0.15, -0.1) is 0 Å². The summed E-state index contributed by atoms with van der Waals surface area (Å²) >= 11 is 0. The Balaban J connectivity index is 2.92. The van der Waals surface area contributed by atoms with Gasteiger partial charge < -0.3 is 5.11 Å². The highest BCUT2D eigenvalue weighted by molar-refractivity contribution is 5.34. The van der Waals surface area contributed by atoms with Gasteiger partial charge in [-0.25, -0.2) is 0 Å². The number of nitro groups is 1. The van der Waals surface area contributed by atoms with Gasteiger partial charge in [0.2, 0.25) is 0 Å². The van der Waals surface area contributed by atoms with Crippen LogP contribution in [0.25, 0.3) is 0 Å². The third-order valence-electron chi connectivity index (χ3n) is 2.21. The quantitative estimate of drug-likeness (QED) is 0.464. The SMILES string of the molecule is CC(C)N[C@](C)(O)c1ccc([N+](=O)[O-])cc1. The van der Waals surface area contributed by atoms with Gasteiger partial charge in [0, 0.05) is 18.2 Å². The number of nitrogens with zero attached hydrogens (tertiary/aromatic N) is 1. The lowest BCUT2D eigenvalue weighted by Crippen LogP contribution is -2.43. The smallest absolute Gasteiger partial charge is 0.269 e. The number of rotatable bonds is 4. The van der Waals surface area contributed by atoms with Crippen LogP contribution in [0.1, 0.15) is 26.3 Å². The Morgan fingerprint density at radius 2 is 1.88 bits per heavy atom. The third kappa shape index (κ3) is 3.01. The summed E-state index contributed by atoms with van der Waals surface area (Å²) in [6.45, 7) is 5.45. The van der Waals surface area contributed by atoms with E-state index in [0.717, 1.165) is 0 Å². The van der Waals surface area contributed by atoms with E-state index in [1.807, 2.05) is 13.8 Å². The molecule has 0 saturated carbocycles. The van der Waals surface area contributed by atoms with Crippen molar-refractivity contribution < 1.29 is 10.0 Å². The van der Waals surface area contributed by atoms with Crippen LogP contribution in [-0.2, 0) is 5.72 Å². The van der Waals surface area contributed by atoms with Gasteiger partial charge in [-0.2, -0.15) is 0 Å². The van der Waals surface area contributed by atoms with Crippen LogP contribution < -0.4 is 5.32 Å². The molecule has 0 heterocycles. The van der Waals surface area contributed by atoms with Crippen molar-refractivity contribution in [3.8, 4) is 0 Å². The minimum absolute atomic E-state index is 0.0177. The van der Waals surface area contributed by atoms with Crippen molar-refractivity contribution >= 4 is 5.69 Å². The first-order valence-corrected chi connectivity index (χ1v) is 5.08. The van der Waals surface area contributed by atoms with E-state index in [0.29, 0.717) is 5.56 Å². The van der Waals surface area contributed by atoms with E-state index in [1.165, 1.54) is 12.1 Å². The van der Waals surface area contributed by atoms with Crippen LogP contribution in [0.5, 0.6) is 0 Å². The Labute approximate surface area is 94.3 Å². The van der Waals surface area contributed by atoms with Gasteiger partial charge in [0.05, 0.1) is 4.92 Å². The monoisotopic (exact) mass is 224 g/mol. The first-order chi connectivity index (χ1) is 7.33. The largest absolute Gasteiger partial charge is 0.372 e. The summed E-state index contributed by atoms with van der Waals surface area (Å²) in [7, 11) is 0. The number of benzene rings is 1. The van der Waals surface area contributed by atoms with E-state index in [9.17, 15) is 15.2 Å². The van der Waals surface area contributed by atoms with Crippen molar-refractivity contribution in [2.45, 2.75) is 32.5 Å². The lowest BCUT2D eigenvalue weighted by Gasteiger charge is -2.27. The maximum atomic E-state index is 10.5. The molecule has 1 aromatic rings. The summed E-state index contributed by atoms with van der Waals surface area (Å²) < 4.78 is 0. The summed E-state index contributed by atoms with van der Waals surface area (Å²) in [4.78, 5) is 10.0. The van der Waals surface area contributed by atoms with E-state index in [1.54, 1.807) is 19.1 Å². The van der Waals surface area contributed by atoms with Crippen LogP contribution in [0.15, 0.2) is 24.3 Å². The first kappa shape index (κ1) is 12.6. The molecular weight excluding hydrogens is 208 g/mol. The van der Waals surface area contributed by atoms with Crippen LogP contribution in [0.3, 0.4) is 0 Å². The van der Waals surface area contributed by atoms with Crippen LogP contribution in [0, 0.1) is 10.1 Å². The minimum atomic E-state index is -1.18. The molecule has 0 unspecified atom stereocenters. The maximum Gasteiger partial charge on any atom is 0.269 e. The van der Waals surface area contributed by atoms with Crippen molar-refractivity contribution in [1.82, 2.24) is 5.32 Å². The normalized spacial score (nSPS) is 14.8. The van der Waals surface area contributed by atoms with Gasteiger partial charge >= 0.3 is 0 Å². The lowest BCUT2D eigenvalue weighted by atomic mass is 10.0. The van der Waals surface area contributed by atoms with Gasteiger partial charge in [0.1, 0.15) is 5.72 Å². The van der Waals surface area contributed by atoms with Crippen LogP contribution in [-0.4, -0.2) is 16.1 Å². The summed E-state index contributed by atoms with van der Waals surface area (Å²) in [5.41, 5.74) is -0.556. The number of nitro benzene ring substituents is 1. The predicted octanol–water partition coefficient (Wildman–Crippen LogP) is 1.76. The van der Waals surface area contributed by atoms with Crippen molar-refractivity contribution in [1.29, 1.82) is 0 Å². The van der Waals surface area contributed by atoms with E-state index in [4.69, 9.17) is 0 Å². The molecule has 0 saturated heterocycles. The molecule has 0 aromatic heterocycles. The second-order valence-corrected chi connectivity index (χ2v) is 4.18. The Morgan fingerprint density at radius 3 is 2.25 bits per heavy atom. The standard InChI is InChI=1S/C11H16N2O3/c1-8(2)12-11(3,14)9-4-6-10(7-5-9)13(15)16/h4-8,12,14H,1-3H3/t11-/m1/s1. The van der Waals surface area contributed by atoms with E-state index in [2.05, 4.69) is 5.32 Å². The molecule has 88 valence electrons. The number of non-ortho nitro benzene ring substituents is 1. The van der Waals surface area contributed by atoms with E-state index >= 15 is 0 Å². The topological polar surface area (TPSA) is 75.4 Å². The van der Waals surface area contributed by atoms with E-state index in [-0.39, 0.29) is 11.7 Å². The highest BCUT2D eigenvalue weighted by Crippen LogP contribution is 2.21. The fourth-order valence-corrected chi connectivity index (χ4v) is 1.55. The van der Waals surface area contributed by atoms with Gasteiger partial charge in [0.25, 0.3) is 5.69 Å². The lowest BCUT2D eigenvalue weighted by molar-refractivity contribution is -0.384. The van der Waals surface area contributed by atoms with Crippen molar-refractivity contribution in [2.75, 3.05) is 0 Å². The average molecular weight is 224 g/mol. The first-order valence-electron chi connectivity index (χ1n) is 5.08. The second-order valence-electron chi connectivity index (χ2n) is 4.18. The summed E-state index contributed by atoms with van der Waals surface area (Å²) in [5.74, 6) is 0. The summed E-state index contributed by atoms with van der Waals surface area (Å²) in [6, 6.07) is 5.98. The molecule has 0 radical (unpaired) electrons. The minimum Gasteiger partial charge on any atom is -0.372 e. The molecular formula is C11H16N2O3. The van der Waals surface area contributed by atoms with Crippen LogP contribution >= 0.6 is 0 Å². The molecule has 5 nitrogen and oxygen atoms in total. The molecule has 0 spiro atoms. The molecule has 0 aliphatic rings. The molecule has 2 N–H and O–H groups in total. The van der Waals surface area contributed by atoms with Gasteiger partial charge in [-0.05, 0) is 38.5 Å². The Kier molecular flexibility index (Phi) is 3.62. The zero-order chi connectivity index (χ0) is 12.3. The molecule has 1 atom stereocenters. The van der Waals surface area contributed by atoms with Gasteiger partial charge in [-0.3, -0.25) is 15.4 Å². The Bertz CT molecular complexity index is 371. The van der Waals surface area contributed by atoms with Crippen LogP contribution in [0.4, 0.5) is 5.69 Å². The molecule has 0 bridgehead atoms. The number of nitrogens with one attached hydrogen (secondary N) is 1. The maximum absolute atomic E-state index is 10.5.